The summed E-state index contributed by atoms with van der Waals surface area (Å²) >= 11 is 2.91. The molecule has 0 radical (unpaired) electrons. The average Bonchev–Trinajstić information content (AvgIpc) is 3.21. The molecule has 0 saturated carbocycles. The summed E-state index contributed by atoms with van der Waals surface area (Å²) in [7, 11) is 0. The van der Waals surface area contributed by atoms with Crippen molar-refractivity contribution in [2.45, 2.75) is 31.2 Å². The first-order valence-electron chi connectivity index (χ1n) is 9.98. The summed E-state index contributed by atoms with van der Waals surface area (Å²) in [6.45, 7) is 4.69. The summed E-state index contributed by atoms with van der Waals surface area (Å²) in [5.74, 6) is 0.238. The number of carbonyl (C=O) groups excluding carboxylic acids is 1. The summed E-state index contributed by atoms with van der Waals surface area (Å²) in [4.78, 5) is 24.9. The molecule has 0 unspecified atom stereocenters. The van der Waals surface area contributed by atoms with Gasteiger partial charge in [-0.05, 0) is 53.4 Å². The largest absolute Gasteiger partial charge is 0.283 e. The fraction of sp³-hybridized carbons (Fsp3) is 0.208. The number of pyridine rings is 1. The molecule has 0 atom stereocenters. The Labute approximate surface area is 189 Å². The number of rotatable bonds is 7. The van der Waals surface area contributed by atoms with Crippen LogP contribution in [0.2, 0.25) is 0 Å². The maximum atomic E-state index is 13.3. The number of carbonyl (C=O) groups is 1. The van der Waals surface area contributed by atoms with Crippen LogP contribution in [0.25, 0.3) is 10.2 Å². The highest BCUT2D eigenvalue weighted by molar-refractivity contribution is 8.00. The van der Waals surface area contributed by atoms with E-state index in [0.717, 1.165) is 20.7 Å². The van der Waals surface area contributed by atoms with Crippen LogP contribution in [0.4, 0.5) is 9.52 Å². The number of benzene rings is 2. The molecule has 0 aliphatic heterocycles. The van der Waals surface area contributed by atoms with Gasteiger partial charge in [0.05, 0.1) is 22.5 Å². The number of halogens is 1. The molecule has 0 spiro atoms. The van der Waals surface area contributed by atoms with Crippen LogP contribution in [0.1, 0.15) is 30.9 Å². The molecule has 0 aliphatic rings. The number of para-hydroxylation sites is 1. The Bertz CT molecular complexity index is 1180. The molecule has 0 N–H and O–H groups in total. The van der Waals surface area contributed by atoms with E-state index in [0.29, 0.717) is 17.6 Å². The molecule has 4 rings (SSSR count). The number of thioether (sulfide) groups is 1. The average molecular weight is 452 g/mol. The Morgan fingerprint density at radius 1 is 1.13 bits per heavy atom. The third kappa shape index (κ3) is 5.11. The van der Waals surface area contributed by atoms with E-state index in [1.165, 1.54) is 40.8 Å². The number of hydrogen-bond acceptors (Lipinski definition) is 5. The Morgan fingerprint density at radius 3 is 2.65 bits per heavy atom. The van der Waals surface area contributed by atoms with Crippen LogP contribution in [0.15, 0.2) is 71.9 Å². The lowest BCUT2D eigenvalue weighted by molar-refractivity contribution is -0.116. The van der Waals surface area contributed by atoms with Crippen LogP contribution in [0, 0.1) is 5.82 Å². The van der Waals surface area contributed by atoms with Crippen LogP contribution >= 0.6 is 23.1 Å². The van der Waals surface area contributed by atoms with Gasteiger partial charge in [0, 0.05) is 17.3 Å². The van der Waals surface area contributed by atoms with Crippen molar-refractivity contribution in [1.29, 1.82) is 0 Å². The second kappa shape index (κ2) is 9.58. The van der Waals surface area contributed by atoms with E-state index in [1.54, 1.807) is 29.4 Å². The lowest BCUT2D eigenvalue weighted by atomic mass is 10.0. The zero-order chi connectivity index (χ0) is 21.8. The van der Waals surface area contributed by atoms with Crippen molar-refractivity contribution in [2.24, 2.45) is 0 Å². The van der Waals surface area contributed by atoms with Crippen LogP contribution in [-0.2, 0) is 11.3 Å². The molecule has 4 aromatic rings. The molecule has 2 aromatic carbocycles. The summed E-state index contributed by atoms with van der Waals surface area (Å²) in [5.41, 5.74) is 3.06. The molecule has 1 amide bonds. The van der Waals surface area contributed by atoms with Crippen molar-refractivity contribution in [3.05, 3.63) is 83.9 Å². The Morgan fingerprint density at radius 2 is 1.94 bits per heavy atom. The minimum absolute atomic E-state index is 0.0525. The summed E-state index contributed by atoms with van der Waals surface area (Å²) in [5, 5.41) is 0.677. The van der Waals surface area contributed by atoms with Gasteiger partial charge in [-0.25, -0.2) is 9.37 Å². The van der Waals surface area contributed by atoms with Gasteiger partial charge in [-0.3, -0.25) is 14.7 Å². The lowest BCUT2D eigenvalue weighted by Gasteiger charge is -2.19. The van der Waals surface area contributed by atoms with Crippen LogP contribution in [-0.4, -0.2) is 21.6 Å². The SMILES string of the molecule is CC(C)c1cccc2sc(N(Cc3cccnc3)C(=O)CSc3ccc(F)cc3)nc12. The normalized spacial score (nSPS) is 11.2. The van der Waals surface area contributed by atoms with E-state index in [1.807, 2.05) is 24.3 Å². The quantitative estimate of drug-likeness (QED) is 0.310. The second-order valence-corrected chi connectivity index (χ2v) is 9.49. The molecule has 2 heterocycles. The van der Waals surface area contributed by atoms with Crippen molar-refractivity contribution >= 4 is 44.4 Å². The zero-order valence-electron chi connectivity index (χ0n) is 17.3. The molecule has 4 nitrogen and oxygen atoms in total. The highest BCUT2D eigenvalue weighted by Crippen LogP contribution is 2.34. The molecule has 0 bridgehead atoms. The predicted molar refractivity (Wildman–Crippen MR) is 126 cm³/mol. The van der Waals surface area contributed by atoms with E-state index in [-0.39, 0.29) is 17.5 Å². The minimum Gasteiger partial charge on any atom is -0.283 e. The third-order valence-electron chi connectivity index (χ3n) is 4.83. The fourth-order valence-electron chi connectivity index (χ4n) is 3.23. The standard InChI is InChI=1S/C24H22FN3OS2/c1-16(2)20-6-3-7-21-23(20)27-24(31-21)28(14-17-5-4-12-26-13-17)22(29)15-30-19-10-8-18(25)9-11-19/h3-13,16H,14-15H2,1-2H3. The smallest absolute Gasteiger partial charge is 0.239 e. The minimum atomic E-state index is -0.288. The Hall–Kier alpha value is -2.77. The van der Waals surface area contributed by atoms with Gasteiger partial charge in [0.1, 0.15) is 5.82 Å². The third-order valence-corrected chi connectivity index (χ3v) is 6.87. The molecule has 0 saturated heterocycles. The number of amides is 1. The lowest BCUT2D eigenvalue weighted by Crippen LogP contribution is -2.31. The Balaban J connectivity index is 1.64. The van der Waals surface area contributed by atoms with Gasteiger partial charge >= 0.3 is 0 Å². The maximum absolute atomic E-state index is 13.3. The van der Waals surface area contributed by atoms with Crippen molar-refractivity contribution < 1.29 is 9.18 Å². The molecule has 31 heavy (non-hydrogen) atoms. The van der Waals surface area contributed by atoms with Crippen molar-refractivity contribution in [3.8, 4) is 0 Å². The number of anilines is 1. The first-order valence-corrected chi connectivity index (χ1v) is 11.8. The van der Waals surface area contributed by atoms with Gasteiger partial charge in [-0.1, -0.05) is 43.4 Å². The van der Waals surface area contributed by atoms with Crippen molar-refractivity contribution in [2.75, 3.05) is 10.7 Å². The van der Waals surface area contributed by atoms with Crippen LogP contribution < -0.4 is 4.90 Å². The first kappa shape index (κ1) is 21.5. The highest BCUT2D eigenvalue weighted by Gasteiger charge is 2.22. The maximum Gasteiger partial charge on any atom is 0.239 e. The van der Waals surface area contributed by atoms with Gasteiger partial charge in [-0.15, -0.1) is 11.8 Å². The number of nitrogens with zero attached hydrogens (tertiary/aromatic N) is 3. The van der Waals surface area contributed by atoms with E-state index in [4.69, 9.17) is 4.98 Å². The monoisotopic (exact) mass is 451 g/mol. The number of aromatic nitrogens is 2. The Kier molecular flexibility index (Phi) is 6.63. The van der Waals surface area contributed by atoms with Gasteiger partial charge < -0.3 is 0 Å². The summed E-state index contributed by atoms with van der Waals surface area (Å²) in [6, 6.07) is 16.2. The van der Waals surface area contributed by atoms with Crippen LogP contribution in [0.5, 0.6) is 0 Å². The molecular weight excluding hydrogens is 429 g/mol. The molecule has 158 valence electrons. The van der Waals surface area contributed by atoms with Gasteiger partial charge in [0.2, 0.25) is 5.91 Å². The molecular formula is C24H22FN3OS2. The summed E-state index contributed by atoms with van der Waals surface area (Å²) < 4.78 is 14.2. The number of fused-ring (bicyclic) bond motifs is 1. The second-order valence-electron chi connectivity index (χ2n) is 7.43. The van der Waals surface area contributed by atoms with Crippen molar-refractivity contribution in [3.63, 3.8) is 0 Å². The van der Waals surface area contributed by atoms with E-state index >= 15 is 0 Å². The van der Waals surface area contributed by atoms with E-state index in [2.05, 4.69) is 24.9 Å². The molecule has 0 aliphatic carbocycles. The topological polar surface area (TPSA) is 46.1 Å². The molecule has 7 heteroatoms. The van der Waals surface area contributed by atoms with Gasteiger partial charge in [0.25, 0.3) is 0 Å². The van der Waals surface area contributed by atoms with Crippen molar-refractivity contribution in [1.82, 2.24) is 9.97 Å². The van der Waals surface area contributed by atoms with Crippen LogP contribution in [0.3, 0.4) is 0 Å². The number of hydrogen-bond donors (Lipinski definition) is 0. The van der Waals surface area contributed by atoms with Gasteiger partial charge in [-0.2, -0.15) is 0 Å². The molecule has 0 fully saturated rings. The zero-order valence-corrected chi connectivity index (χ0v) is 18.9. The predicted octanol–water partition coefficient (Wildman–Crippen LogP) is 6.28. The fourth-order valence-corrected chi connectivity index (χ4v) is 5.02. The number of thiazole rings is 1. The van der Waals surface area contributed by atoms with E-state index in [9.17, 15) is 9.18 Å². The summed E-state index contributed by atoms with van der Waals surface area (Å²) in [6.07, 6.45) is 3.48. The first-order chi connectivity index (χ1) is 15.0. The van der Waals surface area contributed by atoms with Gasteiger partial charge in [0.15, 0.2) is 5.13 Å². The molecule has 2 aromatic heterocycles. The highest BCUT2D eigenvalue weighted by atomic mass is 32.2. The van der Waals surface area contributed by atoms with E-state index < -0.39 is 0 Å².